The fourth-order valence-corrected chi connectivity index (χ4v) is 4.19. The number of fused-ring (bicyclic) bond motifs is 1. The standard InChI is InChI=1S/C24H25ClN2O3/c1-16-12-22-18(13-19(16)25)21(28)14-23(30-22)24(29)26-15-20(17-8-4-2-5-9-17)27-10-6-3-7-11-27/h2,4-5,8-9,12-14,20H,3,6-7,10-11,15H2,1H3,(H,26,29). The van der Waals surface area contributed by atoms with E-state index in [-0.39, 0.29) is 23.1 Å². The highest BCUT2D eigenvalue weighted by atomic mass is 35.5. The summed E-state index contributed by atoms with van der Waals surface area (Å²) in [6.45, 7) is 4.31. The van der Waals surface area contributed by atoms with Crippen LogP contribution in [0.3, 0.4) is 0 Å². The van der Waals surface area contributed by atoms with Crippen molar-refractivity contribution in [3.8, 4) is 0 Å². The van der Waals surface area contributed by atoms with Gasteiger partial charge in [0.25, 0.3) is 5.91 Å². The Hall–Kier alpha value is -2.63. The number of nitrogens with zero attached hydrogens (tertiary/aromatic N) is 1. The zero-order chi connectivity index (χ0) is 21.1. The lowest BCUT2D eigenvalue weighted by molar-refractivity contribution is 0.0897. The van der Waals surface area contributed by atoms with Crippen molar-refractivity contribution in [1.82, 2.24) is 10.2 Å². The molecule has 156 valence electrons. The van der Waals surface area contributed by atoms with Crippen LogP contribution in [0.25, 0.3) is 11.0 Å². The molecule has 1 aromatic heterocycles. The maximum Gasteiger partial charge on any atom is 0.287 e. The van der Waals surface area contributed by atoms with E-state index in [1.807, 2.05) is 25.1 Å². The molecule has 1 atom stereocenters. The summed E-state index contributed by atoms with van der Waals surface area (Å²) in [7, 11) is 0. The molecule has 5 nitrogen and oxygen atoms in total. The van der Waals surface area contributed by atoms with Crippen LogP contribution >= 0.6 is 11.6 Å². The molecule has 2 heterocycles. The van der Waals surface area contributed by atoms with Gasteiger partial charge in [-0.05, 0) is 56.1 Å². The Balaban J connectivity index is 1.56. The first-order chi connectivity index (χ1) is 14.5. The summed E-state index contributed by atoms with van der Waals surface area (Å²) in [5.41, 5.74) is 2.05. The van der Waals surface area contributed by atoms with E-state index in [0.717, 1.165) is 18.7 Å². The van der Waals surface area contributed by atoms with Crippen LogP contribution in [0.1, 0.15) is 47.0 Å². The van der Waals surface area contributed by atoms with E-state index in [2.05, 4.69) is 22.3 Å². The number of aryl methyl sites for hydroxylation is 1. The molecule has 6 heteroatoms. The van der Waals surface area contributed by atoms with Gasteiger partial charge < -0.3 is 9.73 Å². The zero-order valence-corrected chi connectivity index (χ0v) is 17.7. The molecular formula is C24H25ClN2O3. The van der Waals surface area contributed by atoms with E-state index in [9.17, 15) is 9.59 Å². The molecule has 2 aromatic carbocycles. The molecule has 1 saturated heterocycles. The molecule has 0 saturated carbocycles. The molecular weight excluding hydrogens is 400 g/mol. The molecule has 3 aromatic rings. The Morgan fingerprint density at radius 2 is 1.87 bits per heavy atom. The topological polar surface area (TPSA) is 62.6 Å². The number of nitrogens with one attached hydrogen (secondary N) is 1. The van der Waals surface area contributed by atoms with Crippen molar-refractivity contribution < 1.29 is 9.21 Å². The van der Waals surface area contributed by atoms with Crippen molar-refractivity contribution in [1.29, 1.82) is 0 Å². The molecule has 4 rings (SSSR count). The van der Waals surface area contributed by atoms with Crippen molar-refractivity contribution in [2.75, 3.05) is 19.6 Å². The van der Waals surface area contributed by atoms with E-state index in [0.29, 0.717) is 22.5 Å². The first-order valence-corrected chi connectivity index (χ1v) is 10.7. The molecule has 1 aliphatic rings. The molecule has 0 aliphatic carbocycles. The normalized spacial score (nSPS) is 15.8. The molecule has 1 aliphatic heterocycles. The number of halogens is 1. The fraction of sp³-hybridized carbons (Fsp3) is 0.333. The fourth-order valence-electron chi connectivity index (χ4n) is 4.03. The summed E-state index contributed by atoms with van der Waals surface area (Å²) in [5, 5.41) is 3.85. The first kappa shape index (κ1) is 20.6. The number of likely N-dealkylation sites (tertiary alicyclic amines) is 1. The van der Waals surface area contributed by atoms with Crippen LogP contribution in [-0.2, 0) is 0 Å². The molecule has 0 spiro atoms. The summed E-state index contributed by atoms with van der Waals surface area (Å²) >= 11 is 6.11. The summed E-state index contributed by atoms with van der Waals surface area (Å²) < 4.78 is 5.74. The summed E-state index contributed by atoms with van der Waals surface area (Å²) in [5.74, 6) is -0.376. The second-order valence-corrected chi connectivity index (χ2v) is 8.21. The van der Waals surface area contributed by atoms with Gasteiger partial charge in [-0.15, -0.1) is 0 Å². The highest BCUT2D eigenvalue weighted by Gasteiger charge is 2.23. The van der Waals surface area contributed by atoms with Crippen LogP contribution in [-0.4, -0.2) is 30.4 Å². The highest BCUT2D eigenvalue weighted by Crippen LogP contribution is 2.25. The van der Waals surface area contributed by atoms with Crippen molar-refractivity contribution in [2.24, 2.45) is 0 Å². The Kier molecular flexibility index (Phi) is 6.21. The maximum absolute atomic E-state index is 12.8. The lowest BCUT2D eigenvalue weighted by Gasteiger charge is -2.35. The zero-order valence-electron chi connectivity index (χ0n) is 17.0. The minimum absolute atomic E-state index is 0.0136. The van der Waals surface area contributed by atoms with Gasteiger partial charge in [-0.3, -0.25) is 14.5 Å². The quantitative estimate of drug-likeness (QED) is 0.644. The smallest absolute Gasteiger partial charge is 0.287 e. The van der Waals surface area contributed by atoms with Crippen LogP contribution in [0, 0.1) is 6.92 Å². The van der Waals surface area contributed by atoms with Gasteiger partial charge in [-0.25, -0.2) is 0 Å². The van der Waals surface area contributed by atoms with Crippen LogP contribution < -0.4 is 10.7 Å². The maximum atomic E-state index is 12.8. The minimum atomic E-state index is -0.389. The Labute approximate surface area is 180 Å². The van der Waals surface area contributed by atoms with Gasteiger partial charge in [-0.1, -0.05) is 48.4 Å². The number of hydrogen-bond donors (Lipinski definition) is 1. The number of benzene rings is 2. The number of piperidine rings is 1. The number of amides is 1. The molecule has 1 fully saturated rings. The van der Waals surface area contributed by atoms with E-state index >= 15 is 0 Å². The number of rotatable bonds is 5. The average molecular weight is 425 g/mol. The van der Waals surface area contributed by atoms with Gasteiger partial charge in [0.05, 0.1) is 11.4 Å². The predicted octanol–water partition coefficient (Wildman–Crippen LogP) is 4.71. The summed E-state index contributed by atoms with van der Waals surface area (Å²) in [6, 6.07) is 14.8. The van der Waals surface area contributed by atoms with Gasteiger partial charge in [0.1, 0.15) is 5.58 Å². The van der Waals surface area contributed by atoms with Crippen LogP contribution in [0.4, 0.5) is 0 Å². The molecule has 1 amide bonds. The van der Waals surface area contributed by atoms with Crippen LogP contribution in [0.5, 0.6) is 0 Å². The molecule has 0 radical (unpaired) electrons. The molecule has 0 bridgehead atoms. The second kappa shape index (κ2) is 9.02. The second-order valence-electron chi connectivity index (χ2n) is 7.81. The first-order valence-electron chi connectivity index (χ1n) is 10.3. The monoisotopic (exact) mass is 424 g/mol. The summed E-state index contributed by atoms with van der Waals surface area (Å²) in [4.78, 5) is 27.7. The average Bonchev–Trinajstić information content (AvgIpc) is 2.76. The number of hydrogen-bond acceptors (Lipinski definition) is 4. The minimum Gasteiger partial charge on any atom is -0.451 e. The third-order valence-corrected chi connectivity index (χ3v) is 6.11. The third-order valence-electron chi connectivity index (χ3n) is 5.70. The van der Waals surface area contributed by atoms with E-state index < -0.39 is 0 Å². The van der Waals surface area contributed by atoms with Crippen LogP contribution in [0.2, 0.25) is 5.02 Å². The van der Waals surface area contributed by atoms with E-state index in [4.69, 9.17) is 16.0 Å². The van der Waals surface area contributed by atoms with Gasteiger partial charge >= 0.3 is 0 Å². The Morgan fingerprint density at radius 3 is 2.60 bits per heavy atom. The Bertz CT molecular complexity index is 1100. The van der Waals surface area contributed by atoms with Gasteiger partial charge in [0.15, 0.2) is 11.2 Å². The molecule has 1 unspecified atom stereocenters. The van der Waals surface area contributed by atoms with E-state index in [1.54, 1.807) is 12.1 Å². The van der Waals surface area contributed by atoms with Gasteiger partial charge in [0.2, 0.25) is 0 Å². The largest absolute Gasteiger partial charge is 0.451 e. The predicted molar refractivity (Wildman–Crippen MR) is 119 cm³/mol. The third kappa shape index (κ3) is 4.42. The van der Waals surface area contributed by atoms with Gasteiger partial charge in [0, 0.05) is 17.6 Å². The molecule has 1 N–H and O–H groups in total. The lowest BCUT2D eigenvalue weighted by Crippen LogP contribution is -2.40. The number of carbonyl (C=O) groups is 1. The highest BCUT2D eigenvalue weighted by molar-refractivity contribution is 6.32. The number of carbonyl (C=O) groups excluding carboxylic acids is 1. The van der Waals surface area contributed by atoms with Crippen molar-refractivity contribution >= 4 is 28.5 Å². The lowest BCUT2D eigenvalue weighted by atomic mass is 10.0. The van der Waals surface area contributed by atoms with Crippen molar-refractivity contribution in [3.63, 3.8) is 0 Å². The van der Waals surface area contributed by atoms with Crippen molar-refractivity contribution in [2.45, 2.75) is 32.2 Å². The van der Waals surface area contributed by atoms with Crippen molar-refractivity contribution in [3.05, 3.63) is 80.7 Å². The molecule has 30 heavy (non-hydrogen) atoms. The van der Waals surface area contributed by atoms with Crippen LogP contribution in [0.15, 0.2) is 57.7 Å². The van der Waals surface area contributed by atoms with E-state index in [1.165, 1.54) is 30.9 Å². The Morgan fingerprint density at radius 1 is 1.13 bits per heavy atom. The SMILES string of the molecule is Cc1cc2oc(C(=O)NCC(c3ccccc3)N3CCCCC3)cc(=O)c2cc1Cl. The summed E-state index contributed by atoms with van der Waals surface area (Å²) in [6.07, 6.45) is 3.58. The van der Waals surface area contributed by atoms with Gasteiger partial charge in [-0.2, -0.15) is 0 Å².